The van der Waals surface area contributed by atoms with Crippen LogP contribution in [0, 0.1) is 0 Å². The Balaban J connectivity index is 1.61. The van der Waals surface area contributed by atoms with Gasteiger partial charge in [0.1, 0.15) is 29.6 Å². The van der Waals surface area contributed by atoms with Gasteiger partial charge in [0, 0.05) is 12.1 Å². The Kier molecular flexibility index (Phi) is 7.61. The summed E-state index contributed by atoms with van der Waals surface area (Å²) in [6.45, 7) is 0.201. The van der Waals surface area contributed by atoms with E-state index < -0.39 is 17.7 Å². The summed E-state index contributed by atoms with van der Waals surface area (Å²) < 4.78 is 54.5. The lowest BCUT2D eigenvalue weighted by Crippen LogP contribution is -2.03. The van der Waals surface area contributed by atoms with Crippen LogP contribution < -0.4 is 14.2 Å². The van der Waals surface area contributed by atoms with Gasteiger partial charge in [-0.3, -0.25) is 4.79 Å². The number of ether oxygens (including phenoxy) is 3. The van der Waals surface area contributed by atoms with E-state index >= 15 is 0 Å². The maximum Gasteiger partial charge on any atom is 0.416 e. The summed E-state index contributed by atoms with van der Waals surface area (Å²) >= 11 is 0. The standard InChI is InChI=1S/C25H21F3O5/c1-31-22-12-18(14-24(29)30)13-23(16-22)33-21-6-2-5-20(15-21)32-11-3-4-17-7-9-19(10-8-17)25(26,27)28/h2-10,12-13,15-16H,11,14H2,1H3,(H,29,30)/b4-3+. The fourth-order valence-electron chi connectivity index (χ4n) is 2.96. The van der Waals surface area contributed by atoms with Gasteiger partial charge < -0.3 is 19.3 Å². The monoisotopic (exact) mass is 458 g/mol. The predicted octanol–water partition coefficient (Wildman–Crippen LogP) is 6.23. The molecule has 3 rings (SSSR count). The van der Waals surface area contributed by atoms with Crippen LogP contribution in [-0.2, 0) is 17.4 Å². The Labute approximate surface area is 188 Å². The molecule has 172 valence electrons. The maximum atomic E-state index is 12.6. The molecule has 0 unspecified atom stereocenters. The number of hydrogen-bond acceptors (Lipinski definition) is 4. The fraction of sp³-hybridized carbons (Fsp3) is 0.160. The molecule has 33 heavy (non-hydrogen) atoms. The molecular weight excluding hydrogens is 437 g/mol. The fourth-order valence-corrected chi connectivity index (χ4v) is 2.96. The summed E-state index contributed by atoms with van der Waals surface area (Å²) in [6, 6.07) is 16.6. The first kappa shape index (κ1) is 23.7. The minimum atomic E-state index is -4.36. The summed E-state index contributed by atoms with van der Waals surface area (Å²) in [5.41, 5.74) is 0.468. The van der Waals surface area contributed by atoms with Gasteiger partial charge in [-0.2, -0.15) is 13.2 Å². The van der Waals surface area contributed by atoms with E-state index in [1.165, 1.54) is 19.2 Å². The Morgan fingerprint density at radius 2 is 1.61 bits per heavy atom. The summed E-state index contributed by atoms with van der Waals surface area (Å²) in [7, 11) is 1.48. The first-order valence-corrected chi connectivity index (χ1v) is 9.87. The van der Waals surface area contributed by atoms with Crippen molar-refractivity contribution in [1.82, 2.24) is 0 Å². The molecule has 0 amide bonds. The zero-order valence-electron chi connectivity index (χ0n) is 17.6. The lowest BCUT2D eigenvalue weighted by Gasteiger charge is -2.11. The van der Waals surface area contributed by atoms with E-state index in [0.717, 1.165) is 12.1 Å². The summed E-state index contributed by atoms with van der Waals surface area (Å²) in [5, 5.41) is 9.02. The lowest BCUT2D eigenvalue weighted by molar-refractivity contribution is -0.138. The SMILES string of the molecule is COc1cc(CC(=O)O)cc(Oc2cccc(OC/C=C/c3ccc(C(F)(F)F)cc3)c2)c1. The van der Waals surface area contributed by atoms with Crippen molar-refractivity contribution in [3.8, 4) is 23.0 Å². The highest BCUT2D eigenvalue weighted by Crippen LogP contribution is 2.30. The molecule has 0 heterocycles. The molecule has 3 aromatic carbocycles. The molecule has 0 aromatic heterocycles. The number of carbonyl (C=O) groups is 1. The Morgan fingerprint density at radius 3 is 2.27 bits per heavy atom. The summed E-state index contributed by atoms with van der Waals surface area (Å²) in [6.07, 6.45) is -1.17. The second kappa shape index (κ2) is 10.6. The zero-order valence-corrected chi connectivity index (χ0v) is 17.6. The molecule has 0 bridgehead atoms. The van der Waals surface area contributed by atoms with Gasteiger partial charge in [0.05, 0.1) is 19.1 Å². The molecule has 0 radical (unpaired) electrons. The van der Waals surface area contributed by atoms with E-state index in [9.17, 15) is 18.0 Å². The molecule has 0 atom stereocenters. The smallest absolute Gasteiger partial charge is 0.416 e. The van der Waals surface area contributed by atoms with Crippen molar-refractivity contribution in [3.05, 3.63) is 89.5 Å². The number of rotatable bonds is 9. The largest absolute Gasteiger partial charge is 0.497 e. The molecular formula is C25H21F3O5. The third-order valence-corrected chi connectivity index (χ3v) is 4.47. The van der Waals surface area contributed by atoms with Crippen molar-refractivity contribution in [1.29, 1.82) is 0 Å². The van der Waals surface area contributed by atoms with Crippen LogP contribution in [0.3, 0.4) is 0 Å². The number of halogens is 3. The van der Waals surface area contributed by atoms with Crippen LogP contribution >= 0.6 is 0 Å². The first-order chi connectivity index (χ1) is 15.7. The van der Waals surface area contributed by atoms with E-state index in [-0.39, 0.29) is 13.0 Å². The maximum absolute atomic E-state index is 12.6. The van der Waals surface area contributed by atoms with Crippen molar-refractivity contribution in [2.45, 2.75) is 12.6 Å². The Hall–Kier alpha value is -3.94. The molecule has 0 saturated carbocycles. The number of benzene rings is 3. The highest BCUT2D eigenvalue weighted by atomic mass is 19.4. The first-order valence-electron chi connectivity index (χ1n) is 9.87. The van der Waals surface area contributed by atoms with Gasteiger partial charge in [-0.05, 0) is 53.6 Å². The average molecular weight is 458 g/mol. The van der Waals surface area contributed by atoms with Crippen LogP contribution in [0.4, 0.5) is 13.2 Å². The molecule has 0 aliphatic carbocycles. The molecule has 0 spiro atoms. The third-order valence-electron chi connectivity index (χ3n) is 4.47. The minimum Gasteiger partial charge on any atom is -0.497 e. The second-order valence-corrected chi connectivity index (χ2v) is 7.00. The van der Waals surface area contributed by atoms with Gasteiger partial charge in [0.2, 0.25) is 0 Å². The number of aliphatic carboxylic acids is 1. The van der Waals surface area contributed by atoms with Crippen molar-refractivity contribution in [3.63, 3.8) is 0 Å². The van der Waals surface area contributed by atoms with Crippen LogP contribution in [0.15, 0.2) is 72.8 Å². The topological polar surface area (TPSA) is 65.0 Å². The second-order valence-electron chi connectivity index (χ2n) is 7.00. The van der Waals surface area contributed by atoms with Gasteiger partial charge in [-0.1, -0.05) is 24.3 Å². The molecule has 0 fully saturated rings. The van der Waals surface area contributed by atoms with Crippen molar-refractivity contribution >= 4 is 12.0 Å². The Bertz CT molecular complexity index is 1120. The molecule has 0 aliphatic rings. The zero-order chi connectivity index (χ0) is 23.8. The summed E-state index contributed by atoms with van der Waals surface area (Å²) in [5.74, 6) is 0.940. The molecule has 3 aromatic rings. The molecule has 5 nitrogen and oxygen atoms in total. The number of carboxylic acids is 1. The number of methoxy groups -OCH3 is 1. The van der Waals surface area contributed by atoms with Gasteiger partial charge in [0.25, 0.3) is 0 Å². The molecule has 1 N–H and O–H groups in total. The number of hydrogen-bond donors (Lipinski definition) is 1. The van der Waals surface area contributed by atoms with Crippen molar-refractivity contribution < 1.29 is 37.3 Å². The molecule has 0 aliphatic heterocycles. The van der Waals surface area contributed by atoms with Crippen molar-refractivity contribution in [2.75, 3.05) is 13.7 Å². The lowest BCUT2D eigenvalue weighted by atomic mass is 10.1. The van der Waals surface area contributed by atoms with E-state index in [0.29, 0.717) is 34.1 Å². The molecule has 0 saturated heterocycles. The van der Waals surface area contributed by atoms with Crippen LogP contribution in [-0.4, -0.2) is 24.8 Å². The number of alkyl halides is 3. The summed E-state index contributed by atoms with van der Waals surface area (Å²) in [4.78, 5) is 11.0. The number of carboxylic acid groups (broad SMARTS) is 1. The minimum absolute atomic E-state index is 0.165. The molecule has 8 heteroatoms. The quantitative estimate of drug-likeness (QED) is 0.412. The van der Waals surface area contributed by atoms with E-state index in [1.54, 1.807) is 54.6 Å². The van der Waals surface area contributed by atoms with E-state index in [4.69, 9.17) is 19.3 Å². The van der Waals surface area contributed by atoms with Crippen LogP contribution in [0.5, 0.6) is 23.0 Å². The van der Waals surface area contributed by atoms with E-state index in [1.807, 2.05) is 0 Å². The van der Waals surface area contributed by atoms with Gasteiger partial charge in [0.15, 0.2) is 0 Å². The van der Waals surface area contributed by atoms with E-state index in [2.05, 4.69) is 0 Å². The van der Waals surface area contributed by atoms with Gasteiger partial charge >= 0.3 is 12.1 Å². The highest BCUT2D eigenvalue weighted by Gasteiger charge is 2.29. The van der Waals surface area contributed by atoms with Crippen LogP contribution in [0.2, 0.25) is 0 Å². The van der Waals surface area contributed by atoms with Crippen LogP contribution in [0.1, 0.15) is 16.7 Å². The highest BCUT2D eigenvalue weighted by molar-refractivity contribution is 5.70. The Morgan fingerprint density at radius 1 is 0.939 bits per heavy atom. The predicted molar refractivity (Wildman–Crippen MR) is 117 cm³/mol. The third kappa shape index (κ3) is 7.31. The van der Waals surface area contributed by atoms with Crippen molar-refractivity contribution in [2.24, 2.45) is 0 Å². The van der Waals surface area contributed by atoms with Gasteiger partial charge in [-0.25, -0.2) is 0 Å². The van der Waals surface area contributed by atoms with Crippen LogP contribution in [0.25, 0.3) is 6.08 Å². The van der Waals surface area contributed by atoms with Gasteiger partial charge in [-0.15, -0.1) is 0 Å². The normalized spacial score (nSPS) is 11.4. The average Bonchev–Trinajstić information content (AvgIpc) is 2.76.